The van der Waals surface area contributed by atoms with Crippen LogP contribution in [0.1, 0.15) is 30.5 Å². The Morgan fingerprint density at radius 3 is 2.80 bits per heavy atom. The molecule has 1 fully saturated rings. The smallest absolute Gasteiger partial charge is 0.191 e. The summed E-state index contributed by atoms with van der Waals surface area (Å²) in [6, 6.07) is 0. The van der Waals surface area contributed by atoms with Crippen molar-refractivity contribution in [3.63, 3.8) is 0 Å². The van der Waals surface area contributed by atoms with Gasteiger partial charge >= 0.3 is 0 Å². The topological polar surface area (TPSA) is 61.8 Å². The zero-order chi connectivity index (χ0) is 17.0. The number of thiazole rings is 1. The molecule has 2 N–H and O–H groups in total. The molecule has 0 unspecified atom stereocenters. The number of aliphatic imine (C=N–C) groups is 1. The average molecular weight is 481 g/mol. The molecule has 0 aromatic carbocycles. The summed E-state index contributed by atoms with van der Waals surface area (Å²) >= 11 is 1.74. The van der Waals surface area contributed by atoms with Gasteiger partial charge in [0.15, 0.2) is 5.96 Å². The lowest BCUT2D eigenvalue weighted by Crippen LogP contribution is -2.40. The quantitative estimate of drug-likeness (QED) is 0.245. The zero-order valence-corrected chi connectivity index (χ0v) is 18.6. The van der Waals surface area contributed by atoms with Crippen LogP contribution in [0.15, 0.2) is 10.4 Å². The summed E-state index contributed by atoms with van der Waals surface area (Å²) in [6.07, 6.45) is 3.18. The van der Waals surface area contributed by atoms with Crippen molar-refractivity contribution in [2.24, 2.45) is 4.99 Å². The molecule has 0 aliphatic carbocycles. The Balaban J connectivity index is 0.00000312. The number of aryl methyl sites for hydroxylation is 2. The zero-order valence-electron chi connectivity index (χ0n) is 15.4. The summed E-state index contributed by atoms with van der Waals surface area (Å²) in [5, 5.41) is 10.1. The van der Waals surface area contributed by atoms with E-state index in [9.17, 15) is 0 Å². The van der Waals surface area contributed by atoms with E-state index in [0.717, 1.165) is 83.4 Å². The number of hydrogen-bond acceptors (Lipinski definition) is 5. The standard InChI is InChI=1S/C17H31N5OS.HI/c1-3-18-17(19-7-4-6-16-21-15(2)14-24-16)20-8-5-9-22-10-12-23-13-11-22;/h14H,3-13H2,1-2H3,(H2,18,19,20);1H. The number of aromatic nitrogens is 1. The second-order valence-corrected chi connectivity index (χ2v) is 6.92. The highest BCUT2D eigenvalue weighted by molar-refractivity contribution is 14.0. The molecule has 1 aliphatic rings. The largest absolute Gasteiger partial charge is 0.379 e. The lowest BCUT2D eigenvalue weighted by atomic mass is 10.3. The Morgan fingerprint density at radius 2 is 2.12 bits per heavy atom. The van der Waals surface area contributed by atoms with Gasteiger partial charge in [-0.2, -0.15) is 0 Å². The van der Waals surface area contributed by atoms with E-state index in [1.807, 2.05) is 6.92 Å². The number of nitrogens with one attached hydrogen (secondary N) is 2. The number of rotatable bonds is 9. The number of ether oxygens (including phenoxy) is 1. The number of morpholine rings is 1. The second kappa shape index (κ2) is 13.7. The van der Waals surface area contributed by atoms with E-state index >= 15 is 0 Å². The van der Waals surface area contributed by atoms with E-state index in [1.165, 1.54) is 5.01 Å². The predicted molar refractivity (Wildman–Crippen MR) is 116 cm³/mol. The van der Waals surface area contributed by atoms with Gasteiger partial charge in [-0.3, -0.25) is 9.89 Å². The molecule has 25 heavy (non-hydrogen) atoms. The van der Waals surface area contributed by atoms with Crippen LogP contribution >= 0.6 is 35.3 Å². The van der Waals surface area contributed by atoms with E-state index in [-0.39, 0.29) is 24.0 Å². The first-order chi connectivity index (χ1) is 11.8. The van der Waals surface area contributed by atoms with Crippen LogP contribution in [0.25, 0.3) is 0 Å². The molecule has 144 valence electrons. The summed E-state index contributed by atoms with van der Waals surface area (Å²) in [5.74, 6) is 0.926. The summed E-state index contributed by atoms with van der Waals surface area (Å²) in [4.78, 5) is 11.6. The van der Waals surface area contributed by atoms with Crippen molar-refractivity contribution in [2.75, 3.05) is 52.5 Å². The van der Waals surface area contributed by atoms with E-state index < -0.39 is 0 Å². The van der Waals surface area contributed by atoms with Gasteiger partial charge in [0.2, 0.25) is 0 Å². The molecule has 1 saturated heterocycles. The summed E-state index contributed by atoms with van der Waals surface area (Å²) in [5.41, 5.74) is 1.12. The molecule has 1 aliphatic heterocycles. The average Bonchev–Trinajstić information content (AvgIpc) is 3.01. The molecule has 2 rings (SSSR count). The Hall–Kier alpha value is -0.450. The first-order valence-electron chi connectivity index (χ1n) is 9.01. The van der Waals surface area contributed by atoms with Crippen LogP contribution < -0.4 is 10.6 Å². The van der Waals surface area contributed by atoms with Crippen LogP contribution in [-0.4, -0.2) is 68.3 Å². The molecule has 8 heteroatoms. The molecule has 6 nitrogen and oxygen atoms in total. The molecule has 2 heterocycles. The maximum Gasteiger partial charge on any atom is 0.191 e. The minimum Gasteiger partial charge on any atom is -0.379 e. The maximum absolute atomic E-state index is 5.37. The Labute approximate surface area is 172 Å². The van der Waals surface area contributed by atoms with Gasteiger partial charge in [0, 0.05) is 50.2 Å². The van der Waals surface area contributed by atoms with Crippen molar-refractivity contribution in [1.29, 1.82) is 0 Å². The third kappa shape index (κ3) is 9.72. The number of guanidine groups is 1. The lowest BCUT2D eigenvalue weighted by Gasteiger charge is -2.26. The molecule has 0 spiro atoms. The molecule has 0 amide bonds. The van der Waals surface area contributed by atoms with Gasteiger partial charge in [-0.25, -0.2) is 4.98 Å². The Bertz CT molecular complexity index is 491. The van der Waals surface area contributed by atoms with Crippen molar-refractivity contribution < 1.29 is 4.74 Å². The molecule has 0 radical (unpaired) electrons. The molecule has 0 bridgehead atoms. The van der Waals surface area contributed by atoms with Crippen LogP contribution in [0, 0.1) is 6.92 Å². The third-order valence-corrected chi connectivity index (χ3v) is 4.90. The van der Waals surface area contributed by atoms with E-state index in [1.54, 1.807) is 11.3 Å². The predicted octanol–water partition coefficient (Wildman–Crippen LogP) is 2.28. The van der Waals surface area contributed by atoms with E-state index in [2.05, 4.69) is 37.8 Å². The molecule has 1 aromatic rings. The fourth-order valence-electron chi connectivity index (χ4n) is 2.61. The van der Waals surface area contributed by atoms with Crippen molar-refractivity contribution in [3.05, 3.63) is 16.1 Å². The fraction of sp³-hybridized carbons (Fsp3) is 0.765. The number of hydrogen-bond donors (Lipinski definition) is 2. The number of nitrogens with zero attached hydrogens (tertiary/aromatic N) is 3. The van der Waals surface area contributed by atoms with Gasteiger partial charge in [0.25, 0.3) is 0 Å². The van der Waals surface area contributed by atoms with Gasteiger partial charge < -0.3 is 15.4 Å². The molecule has 0 saturated carbocycles. The highest BCUT2D eigenvalue weighted by Crippen LogP contribution is 2.10. The second-order valence-electron chi connectivity index (χ2n) is 5.98. The molecular weight excluding hydrogens is 449 g/mol. The Kier molecular flexibility index (Phi) is 12.4. The van der Waals surface area contributed by atoms with Crippen molar-refractivity contribution in [1.82, 2.24) is 20.5 Å². The number of halogens is 1. The monoisotopic (exact) mass is 481 g/mol. The van der Waals surface area contributed by atoms with E-state index in [4.69, 9.17) is 4.74 Å². The third-order valence-electron chi connectivity index (χ3n) is 3.88. The van der Waals surface area contributed by atoms with Crippen LogP contribution in [0.4, 0.5) is 0 Å². The van der Waals surface area contributed by atoms with Crippen LogP contribution in [0.2, 0.25) is 0 Å². The fourth-order valence-corrected chi connectivity index (χ4v) is 3.43. The van der Waals surface area contributed by atoms with Crippen molar-refractivity contribution >= 4 is 41.3 Å². The summed E-state index contributed by atoms with van der Waals surface area (Å²) < 4.78 is 5.37. The van der Waals surface area contributed by atoms with Crippen LogP contribution in [0.3, 0.4) is 0 Å². The van der Waals surface area contributed by atoms with Crippen LogP contribution in [-0.2, 0) is 11.2 Å². The SMILES string of the molecule is CCNC(=NCCCc1nc(C)cs1)NCCCN1CCOCC1.I. The van der Waals surface area contributed by atoms with Crippen LogP contribution in [0.5, 0.6) is 0 Å². The molecule has 0 atom stereocenters. The molecular formula is C17H32IN5OS. The summed E-state index contributed by atoms with van der Waals surface area (Å²) in [6.45, 7) is 11.8. The summed E-state index contributed by atoms with van der Waals surface area (Å²) in [7, 11) is 0. The minimum atomic E-state index is 0. The minimum absolute atomic E-state index is 0. The van der Waals surface area contributed by atoms with Gasteiger partial charge in [-0.05, 0) is 33.2 Å². The van der Waals surface area contributed by atoms with Gasteiger partial charge in [0.05, 0.1) is 18.2 Å². The van der Waals surface area contributed by atoms with Crippen molar-refractivity contribution in [3.8, 4) is 0 Å². The Morgan fingerprint density at radius 1 is 1.32 bits per heavy atom. The van der Waals surface area contributed by atoms with E-state index in [0.29, 0.717) is 0 Å². The molecule has 1 aromatic heterocycles. The van der Waals surface area contributed by atoms with Gasteiger partial charge in [0.1, 0.15) is 0 Å². The van der Waals surface area contributed by atoms with Gasteiger partial charge in [-0.15, -0.1) is 35.3 Å². The highest BCUT2D eigenvalue weighted by Gasteiger charge is 2.09. The first kappa shape index (κ1) is 22.6. The first-order valence-corrected chi connectivity index (χ1v) is 9.89. The van der Waals surface area contributed by atoms with Gasteiger partial charge in [-0.1, -0.05) is 0 Å². The lowest BCUT2D eigenvalue weighted by molar-refractivity contribution is 0.0376. The highest BCUT2D eigenvalue weighted by atomic mass is 127. The van der Waals surface area contributed by atoms with Crippen molar-refractivity contribution in [2.45, 2.75) is 33.1 Å². The normalized spacial score (nSPS) is 15.7. The maximum atomic E-state index is 5.37.